The molecule has 1 aliphatic rings. The van der Waals surface area contributed by atoms with Crippen LogP contribution in [0.4, 0.5) is 0 Å². The van der Waals surface area contributed by atoms with E-state index in [0.29, 0.717) is 31.7 Å². The molecule has 0 radical (unpaired) electrons. The van der Waals surface area contributed by atoms with Crippen LogP contribution in [0.25, 0.3) is 11.0 Å². The summed E-state index contributed by atoms with van der Waals surface area (Å²) in [5.41, 5.74) is 6.91. The van der Waals surface area contributed by atoms with Crippen molar-refractivity contribution in [1.29, 1.82) is 0 Å². The van der Waals surface area contributed by atoms with Crippen LogP contribution in [0.2, 0.25) is 0 Å². The lowest BCUT2D eigenvalue weighted by Crippen LogP contribution is -2.41. The third kappa shape index (κ3) is 2.39. The first-order chi connectivity index (χ1) is 10.1. The summed E-state index contributed by atoms with van der Waals surface area (Å²) in [7, 11) is 0. The van der Waals surface area contributed by atoms with E-state index < -0.39 is 0 Å². The highest BCUT2D eigenvalue weighted by atomic mass is 16.3. The van der Waals surface area contributed by atoms with E-state index in [1.54, 1.807) is 4.90 Å². The smallest absolute Gasteiger partial charge is 0.289 e. The van der Waals surface area contributed by atoms with Gasteiger partial charge in [-0.05, 0) is 25.8 Å². The second-order valence-electron chi connectivity index (χ2n) is 5.52. The maximum absolute atomic E-state index is 12.6. The van der Waals surface area contributed by atoms with Gasteiger partial charge in [-0.3, -0.25) is 9.59 Å². The Morgan fingerprint density at radius 3 is 2.52 bits per heavy atom. The van der Waals surface area contributed by atoms with Crippen LogP contribution < -0.4 is 5.73 Å². The number of rotatable bonds is 2. The summed E-state index contributed by atoms with van der Waals surface area (Å²) in [6, 6.07) is 7.62. The van der Waals surface area contributed by atoms with E-state index >= 15 is 0 Å². The van der Waals surface area contributed by atoms with Crippen LogP contribution in [0.15, 0.2) is 28.7 Å². The van der Waals surface area contributed by atoms with E-state index in [9.17, 15) is 9.59 Å². The highest BCUT2D eigenvalue weighted by Gasteiger charge is 2.29. The molecule has 2 aromatic rings. The molecule has 0 atom stereocenters. The van der Waals surface area contributed by atoms with Gasteiger partial charge in [-0.25, -0.2) is 0 Å². The largest absolute Gasteiger partial charge is 0.451 e. The molecule has 110 valence electrons. The second-order valence-corrected chi connectivity index (χ2v) is 5.52. The lowest BCUT2D eigenvalue weighted by molar-refractivity contribution is -0.123. The lowest BCUT2D eigenvalue weighted by atomic mass is 9.96. The molecule has 0 bridgehead atoms. The van der Waals surface area contributed by atoms with Crippen LogP contribution in [0.5, 0.6) is 0 Å². The van der Waals surface area contributed by atoms with Crippen molar-refractivity contribution in [1.82, 2.24) is 4.90 Å². The molecule has 3 rings (SSSR count). The van der Waals surface area contributed by atoms with E-state index in [0.717, 1.165) is 16.5 Å². The van der Waals surface area contributed by atoms with Crippen molar-refractivity contribution in [2.24, 2.45) is 11.7 Å². The molecule has 2 heterocycles. The van der Waals surface area contributed by atoms with E-state index in [4.69, 9.17) is 10.2 Å². The molecule has 1 saturated heterocycles. The minimum absolute atomic E-state index is 0.105. The average Bonchev–Trinajstić information content (AvgIpc) is 2.84. The maximum atomic E-state index is 12.6. The van der Waals surface area contributed by atoms with Crippen molar-refractivity contribution >= 4 is 22.8 Å². The molecule has 0 spiro atoms. The molecule has 5 heteroatoms. The van der Waals surface area contributed by atoms with Crippen LogP contribution in [-0.4, -0.2) is 29.8 Å². The number of piperidine rings is 1. The predicted molar refractivity (Wildman–Crippen MR) is 78.8 cm³/mol. The third-order valence-electron chi connectivity index (χ3n) is 4.22. The number of carbonyl (C=O) groups is 2. The molecule has 1 aromatic carbocycles. The molecule has 2 N–H and O–H groups in total. The van der Waals surface area contributed by atoms with Gasteiger partial charge < -0.3 is 15.1 Å². The summed E-state index contributed by atoms with van der Waals surface area (Å²) in [6.07, 6.45) is 1.25. The molecular formula is C16H18N2O3. The zero-order valence-electron chi connectivity index (χ0n) is 12.0. The zero-order valence-corrected chi connectivity index (χ0v) is 12.0. The molecule has 2 amide bonds. The minimum Gasteiger partial charge on any atom is -0.451 e. The van der Waals surface area contributed by atoms with Crippen molar-refractivity contribution < 1.29 is 14.0 Å². The number of carbonyl (C=O) groups excluding carboxylic acids is 2. The number of likely N-dealkylation sites (tertiary alicyclic amines) is 1. The Morgan fingerprint density at radius 2 is 1.90 bits per heavy atom. The summed E-state index contributed by atoms with van der Waals surface area (Å²) in [5.74, 6) is -0.104. The zero-order chi connectivity index (χ0) is 15.0. The van der Waals surface area contributed by atoms with E-state index in [1.165, 1.54) is 0 Å². The predicted octanol–water partition coefficient (Wildman–Crippen LogP) is 2.08. The van der Waals surface area contributed by atoms with Crippen molar-refractivity contribution in [3.63, 3.8) is 0 Å². The van der Waals surface area contributed by atoms with Crippen molar-refractivity contribution in [2.45, 2.75) is 19.8 Å². The number of primary amides is 1. The van der Waals surface area contributed by atoms with Crippen LogP contribution >= 0.6 is 0 Å². The Bertz CT molecular complexity index is 697. The molecular weight excluding hydrogens is 268 g/mol. The quantitative estimate of drug-likeness (QED) is 0.918. The Balaban J connectivity index is 1.82. The van der Waals surface area contributed by atoms with Crippen LogP contribution in [0.1, 0.15) is 29.0 Å². The summed E-state index contributed by atoms with van der Waals surface area (Å²) < 4.78 is 5.71. The first kappa shape index (κ1) is 13.7. The van der Waals surface area contributed by atoms with E-state index in [1.807, 2.05) is 31.2 Å². The number of nitrogens with two attached hydrogens (primary N) is 1. The Kier molecular flexibility index (Phi) is 3.41. The third-order valence-corrected chi connectivity index (χ3v) is 4.22. The fraction of sp³-hybridized carbons (Fsp3) is 0.375. The topological polar surface area (TPSA) is 76.5 Å². The summed E-state index contributed by atoms with van der Waals surface area (Å²) in [4.78, 5) is 25.5. The Hall–Kier alpha value is -2.30. The fourth-order valence-electron chi connectivity index (χ4n) is 2.89. The van der Waals surface area contributed by atoms with Gasteiger partial charge in [-0.1, -0.05) is 18.2 Å². The molecule has 5 nitrogen and oxygen atoms in total. The number of hydrogen-bond acceptors (Lipinski definition) is 3. The summed E-state index contributed by atoms with van der Waals surface area (Å²) >= 11 is 0. The van der Waals surface area contributed by atoms with Gasteiger partial charge in [0.2, 0.25) is 5.91 Å². The van der Waals surface area contributed by atoms with Gasteiger partial charge in [-0.2, -0.15) is 0 Å². The normalized spacial score (nSPS) is 16.3. The van der Waals surface area contributed by atoms with Crippen LogP contribution in [0, 0.1) is 12.8 Å². The first-order valence-electron chi connectivity index (χ1n) is 7.14. The number of furan rings is 1. The SMILES string of the molecule is Cc1c(C(=O)N2CCC(C(N)=O)CC2)oc2ccccc12. The van der Waals surface area contributed by atoms with Gasteiger partial charge in [0, 0.05) is 30.0 Å². The van der Waals surface area contributed by atoms with Crippen LogP contribution in [-0.2, 0) is 4.79 Å². The summed E-state index contributed by atoms with van der Waals surface area (Å²) in [5, 5.41) is 0.966. The van der Waals surface area contributed by atoms with Crippen molar-refractivity contribution in [2.75, 3.05) is 13.1 Å². The maximum Gasteiger partial charge on any atom is 0.289 e. The molecule has 0 saturated carbocycles. The number of benzene rings is 1. The van der Waals surface area contributed by atoms with E-state index in [-0.39, 0.29) is 17.7 Å². The number of fused-ring (bicyclic) bond motifs is 1. The highest BCUT2D eigenvalue weighted by Crippen LogP contribution is 2.27. The van der Waals surface area contributed by atoms with Crippen molar-refractivity contribution in [3.05, 3.63) is 35.6 Å². The number of amides is 2. The first-order valence-corrected chi connectivity index (χ1v) is 7.14. The van der Waals surface area contributed by atoms with Gasteiger partial charge >= 0.3 is 0 Å². The Morgan fingerprint density at radius 1 is 1.24 bits per heavy atom. The van der Waals surface area contributed by atoms with Crippen LogP contribution in [0.3, 0.4) is 0 Å². The van der Waals surface area contributed by atoms with Crippen molar-refractivity contribution in [3.8, 4) is 0 Å². The highest BCUT2D eigenvalue weighted by molar-refractivity contribution is 5.99. The molecule has 1 fully saturated rings. The molecule has 21 heavy (non-hydrogen) atoms. The number of nitrogens with zero attached hydrogens (tertiary/aromatic N) is 1. The van der Waals surface area contributed by atoms with Gasteiger partial charge in [0.25, 0.3) is 5.91 Å². The number of para-hydroxylation sites is 1. The van der Waals surface area contributed by atoms with Gasteiger partial charge in [0.15, 0.2) is 5.76 Å². The van der Waals surface area contributed by atoms with E-state index in [2.05, 4.69) is 0 Å². The fourth-order valence-corrected chi connectivity index (χ4v) is 2.89. The monoisotopic (exact) mass is 286 g/mol. The second kappa shape index (κ2) is 5.24. The van der Waals surface area contributed by atoms with Gasteiger partial charge in [0.1, 0.15) is 5.58 Å². The number of aryl methyl sites for hydroxylation is 1. The molecule has 1 aliphatic heterocycles. The average molecular weight is 286 g/mol. The molecule has 0 unspecified atom stereocenters. The summed E-state index contributed by atoms with van der Waals surface area (Å²) in [6.45, 7) is 2.99. The standard InChI is InChI=1S/C16H18N2O3/c1-10-12-4-2-3-5-13(12)21-14(10)16(20)18-8-6-11(7-9-18)15(17)19/h2-5,11H,6-9H2,1H3,(H2,17,19). The molecule has 1 aromatic heterocycles. The number of hydrogen-bond donors (Lipinski definition) is 1. The Labute approximate surface area is 122 Å². The van der Waals surface area contributed by atoms with Gasteiger partial charge in [-0.15, -0.1) is 0 Å². The van der Waals surface area contributed by atoms with Gasteiger partial charge in [0.05, 0.1) is 0 Å². The molecule has 0 aliphatic carbocycles. The minimum atomic E-state index is -0.276. The lowest BCUT2D eigenvalue weighted by Gasteiger charge is -2.30.